The Bertz CT molecular complexity index is 414. The fourth-order valence-corrected chi connectivity index (χ4v) is 2.66. The molecule has 4 nitrogen and oxygen atoms in total. The van der Waals surface area contributed by atoms with Crippen molar-refractivity contribution in [3.8, 4) is 0 Å². The number of hydrogen-bond acceptors (Lipinski definition) is 3. The molecule has 1 aromatic rings. The number of hydrogen-bond donors (Lipinski definition) is 2. The summed E-state index contributed by atoms with van der Waals surface area (Å²) in [4.78, 5) is 13.7. The summed E-state index contributed by atoms with van der Waals surface area (Å²) in [5.41, 5.74) is 6.95. The minimum atomic E-state index is -0.385. The fourth-order valence-electron chi connectivity index (χ4n) is 2.11. The number of halogens is 1. The summed E-state index contributed by atoms with van der Waals surface area (Å²) in [5.74, 6) is -0.385. The number of nitrogens with two attached hydrogens (primary N) is 1. The lowest BCUT2D eigenvalue weighted by Crippen LogP contribution is -2.30. The molecule has 3 N–H and O–H groups in total. The Labute approximate surface area is 109 Å². The maximum Gasteiger partial charge on any atom is 0.251 e. The van der Waals surface area contributed by atoms with Crippen LogP contribution in [0.2, 0.25) is 0 Å². The van der Waals surface area contributed by atoms with Crippen LogP contribution in [0.5, 0.6) is 0 Å². The van der Waals surface area contributed by atoms with E-state index < -0.39 is 0 Å². The number of nitrogens with one attached hydrogen (secondary N) is 1. The highest BCUT2D eigenvalue weighted by atomic mass is 79.9. The van der Waals surface area contributed by atoms with Crippen molar-refractivity contribution in [2.45, 2.75) is 6.42 Å². The zero-order valence-electron chi connectivity index (χ0n) is 9.58. The van der Waals surface area contributed by atoms with Gasteiger partial charge in [0.25, 0.3) is 5.91 Å². The second-order valence-corrected chi connectivity index (χ2v) is 4.94. The third-order valence-corrected chi connectivity index (χ3v) is 3.58. The summed E-state index contributed by atoms with van der Waals surface area (Å²) in [6.45, 7) is 3.81. The second kappa shape index (κ2) is 5.51. The van der Waals surface area contributed by atoms with E-state index in [1.807, 2.05) is 18.2 Å². The third kappa shape index (κ3) is 2.79. The molecular formula is C12H16BrN3O. The number of carbonyl (C=O) groups is 1. The highest BCUT2D eigenvalue weighted by Gasteiger charge is 2.18. The largest absolute Gasteiger partial charge is 0.370 e. The van der Waals surface area contributed by atoms with E-state index in [-0.39, 0.29) is 5.91 Å². The molecule has 1 heterocycles. The van der Waals surface area contributed by atoms with Crippen LogP contribution in [0.25, 0.3) is 0 Å². The number of nitrogens with zero attached hydrogens (tertiary/aromatic N) is 1. The first-order valence-electron chi connectivity index (χ1n) is 5.74. The predicted molar refractivity (Wildman–Crippen MR) is 72.4 cm³/mol. The van der Waals surface area contributed by atoms with Gasteiger partial charge in [0.2, 0.25) is 0 Å². The number of amides is 1. The van der Waals surface area contributed by atoms with Crippen LogP contribution >= 0.6 is 15.9 Å². The minimum Gasteiger partial charge on any atom is -0.370 e. The van der Waals surface area contributed by atoms with Gasteiger partial charge in [0.15, 0.2) is 0 Å². The van der Waals surface area contributed by atoms with E-state index in [4.69, 9.17) is 5.73 Å². The second-order valence-electron chi connectivity index (χ2n) is 4.09. The van der Waals surface area contributed by atoms with Gasteiger partial charge in [0.1, 0.15) is 0 Å². The highest BCUT2D eigenvalue weighted by Crippen LogP contribution is 2.27. The molecule has 2 rings (SSSR count). The highest BCUT2D eigenvalue weighted by molar-refractivity contribution is 9.10. The smallest absolute Gasteiger partial charge is 0.251 e. The van der Waals surface area contributed by atoms with Crippen LogP contribution in [0.15, 0.2) is 22.7 Å². The summed E-state index contributed by atoms with van der Waals surface area (Å²) in [5, 5.41) is 3.34. The van der Waals surface area contributed by atoms with Crippen molar-refractivity contribution in [3.05, 3.63) is 28.2 Å². The Hall–Kier alpha value is -1.07. The Balaban J connectivity index is 2.36. The van der Waals surface area contributed by atoms with Crippen LogP contribution in [-0.4, -0.2) is 32.1 Å². The lowest BCUT2D eigenvalue weighted by atomic mass is 10.1. The van der Waals surface area contributed by atoms with Crippen molar-refractivity contribution >= 4 is 27.5 Å². The average molecular weight is 298 g/mol. The molecule has 1 aliphatic rings. The summed E-state index contributed by atoms with van der Waals surface area (Å²) >= 11 is 3.39. The summed E-state index contributed by atoms with van der Waals surface area (Å²) < 4.78 is 0.764. The van der Waals surface area contributed by atoms with Crippen molar-refractivity contribution in [3.63, 3.8) is 0 Å². The molecule has 1 aromatic carbocycles. The van der Waals surface area contributed by atoms with E-state index in [1.165, 1.54) is 0 Å². The van der Waals surface area contributed by atoms with Gasteiger partial charge in [-0.15, -0.1) is 0 Å². The molecule has 0 unspecified atom stereocenters. The maximum absolute atomic E-state index is 11.5. The predicted octanol–water partition coefficient (Wildman–Crippen LogP) is 1.35. The first-order valence-corrected chi connectivity index (χ1v) is 6.53. The number of carbonyl (C=O) groups excluding carboxylic acids is 1. The number of anilines is 1. The SMILES string of the molecule is NC(=O)c1c(Br)cccc1N1CCCNCC1. The van der Waals surface area contributed by atoms with Crippen LogP contribution in [0.1, 0.15) is 16.8 Å². The molecule has 1 aliphatic heterocycles. The van der Waals surface area contributed by atoms with Crippen LogP contribution in [-0.2, 0) is 0 Å². The Morgan fingerprint density at radius 2 is 2.18 bits per heavy atom. The molecule has 5 heteroatoms. The monoisotopic (exact) mass is 297 g/mol. The molecule has 1 amide bonds. The molecule has 0 saturated carbocycles. The molecule has 17 heavy (non-hydrogen) atoms. The molecule has 1 saturated heterocycles. The fraction of sp³-hybridized carbons (Fsp3) is 0.417. The van der Waals surface area contributed by atoms with E-state index in [9.17, 15) is 4.79 Å². The molecule has 1 fully saturated rings. The molecule has 92 valence electrons. The molecule has 0 atom stereocenters. The van der Waals surface area contributed by atoms with Gasteiger partial charge in [0, 0.05) is 24.1 Å². The van der Waals surface area contributed by atoms with Gasteiger partial charge in [-0.05, 0) is 41.0 Å². The molecule has 0 aliphatic carbocycles. The van der Waals surface area contributed by atoms with Crippen LogP contribution in [0, 0.1) is 0 Å². The number of primary amides is 1. The Morgan fingerprint density at radius 1 is 1.35 bits per heavy atom. The van der Waals surface area contributed by atoms with Crippen LogP contribution < -0.4 is 16.0 Å². The maximum atomic E-state index is 11.5. The summed E-state index contributed by atoms with van der Waals surface area (Å²) in [6, 6.07) is 5.74. The molecule has 0 aromatic heterocycles. The topological polar surface area (TPSA) is 58.4 Å². The third-order valence-electron chi connectivity index (χ3n) is 2.92. The standard InChI is InChI=1S/C12H16BrN3O/c13-9-3-1-4-10(11(9)12(14)17)16-7-2-5-15-6-8-16/h1,3-4,15H,2,5-8H2,(H2,14,17). The van der Waals surface area contributed by atoms with Gasteiger partial charge in [-0.3, -0.25) is 4.79 Å². The lowest BCUT2D eigenvalue weighted by molar-refractivity contribution is 0.1000. The van der Waals surface area contributed by atoms with Crippen molar-refractivity contribution < 1.29 is 4.79 Å². The van der Waals surface area contributed by atoms with Crippen molar-refractivity contribution in [1.29, 1.82) is 0 Å². The van der Waals surface area contributed by atoms with Crippen molar-refractivity contribution in [2.24, 2.45) is 5.73 Å². The molecular weight excluding hydrogens is 282 g/mol. The van der Waals surface area contributed by atoms with E-state index in [0.717, 1.165) is 42.8 Å². The van der Waals surface area contributed by atoms with Gasteiger partial charge in [0.05, 0.1) is 11.3 Å². The van der Waals surface area contributed by atoms with Crippen molar-refractivity contribution in [2.75, 3.05) is 31.1 Å². The quantitative estimate of drug-likeness (QED) is 0.866. The van der Waals surface area contributed by atoms with E-state index in [0.29, 0.717) is 5.56 Å². The lowest BCUT2D eigenvalue weighted by Gasteiger charge is -2.24. The van der Waals surface area contributed by atoms with E-state index >= 15 is 0 Å². The van der Waals surface area contributed by atoms with Gasteiger partial charge in [-0.25, -0.2) is 0 Å². The zero-order chi connectivity index (χ0) is 12.3. The van der Waals surface area contributed by atoms with Gasteiger partial charge < -0.3 is 16.0 Å². The van der Waals surface area contributed by atoms with Crippen LogP contribution in [0.3, 0.4) is 0 Å². The average Bonchev–Trinajstić information content (AvgIpc) is 2.56. The Morgan fingerprint density at radius 3 is 2.94 bits per heavy atom. The van der Waals surface area contributed by atoms with E-state index in [1.54, 1.807) is 0 Å². The van der Waals surface area contributed by atoms with E-state index in [2.05, 4.69) is 26.1 Å². The first-order chi connectivity index (χ1) is 8.20. The van der Waals surface area contributed by atoms with Gasteiger partial charge in [-0.2, -0.15) is 0 Å². The number of rotatable bonds is 2. The Kier molecular flexibility index (Phi) is 4.02. The normalized spacial score (nSPS) is 16.6. The summed E-state index contributed by atoms with van der Waals surface area (Å²) in [6.07, 6.45) is 1.07. The van der Waals surface area contributed by atoms with Crippen molar-refractivity contribution in [1.82, 2.24) is 5.32 Å². The summed E-state index contributed by atoms with van der Waals surface area (Å²) in [7, 11) is 0. The molecule has 0 spiro atoms. The minimum absolute atomic E-state index is 0.385. The molecule has 0 radical (unpaired) electrons. The number of benzene rings is 1. The zero-order valence-corrected chi connectivity index (χ0v) is 11.2. The first kappa shape index (κ1) is 12.4. The van der Waals surface area contributed by atoms with Gasteiger partial charge >= 0.3 is 0 Å². The molecule has 0 bridgehead atoms. The van der Waals surface area contributed by atoms with Crippen LogP contribution in [0.4, 0.5) is 5.69 Å². The van der Waals surface area contributed by atoms with Gasteiger partial charge in [-0.1, -0.05) is 6.07 Å².